The minimum Gasteiger partial charge on any atom is -0.453 e. The van der Waals surface area contributed by atoms with Gasteiger partial charge in [-0.15, -0.1) is 5.10 Å². The fourth-order valence-electron chi connectivity index (χ4n) is 1.49. The van der Waals surface area contributed by atoms with Gasteiger partial charge in [-0.05, 0) is 12.1 Å². The van der Waals surface area contributed by atoms with E-state index in [0.29, 0.717) is 10.7 Å². The van der Waals surface area contributed by atoms with Crippen LogP contribution in [0.25, 0.3) is 0 Å². The van der Waals surface area contributed by atoms with Crippen LogP contribution in [0.5, 0.6) is 0 Å². The molecule has 2 N–H and O–H groups in total. The van der Waals surface area contributed by atoms with E-state index in [9.17, 15) is 9.59 Å². The maximum absolute atomic E-state index is 11.9. The molecule has 0 aliphatic rings. The summed E-state index contributed by atoms with van der Waals surface area (Å²) in [4.78, 5) is 22.8. The second-order valence-electron chi connectivity index (χ2n) is 3.95. The first-order valence-electron chi connectivity index (χ1n) is 5.88. The number of rotatable bonds is 4. The number of ether oxygens (including phenoxy) is 1. The molecule has 0 radical (unpaired) electrons. The molecular formula is C12H12ClN5O3. The Bertz CT molecular complexity index is 658. The summed E-state index contributed by atoms with van der Waals surface area (Å²) in [6, 6.07) is 6.88. The average Bonchev–Trinajstić information content (AvgIpc) is 2.88. The highest BCUT2D eigenvalue weighted by Gasteiger charge is 2.09. The van der Waals surface area contributed by atoms with Crippen LogP contribution in [0.3, 0.4) is 0 Å². The van der Waals surface area contributed by atoms with Crippen molar-refractivity contribution in [2.75, 3.05) is 17.7 Å². The van der Waals surface area contributed by atoms with Crippen molar-refractivity contribution in [2.45, 2.75) is 6.54 Å². The maximum Gasteiger partial charge on any atom is 0.412 e. The van der Waals surface area contributed by atoms with Crippen LogP contribution in [0, 0.1) is 0 Å². The number of hydrogen-bond donors (Lipinski definition) is 2. The second-order valence-corrected chi connectivity index (χ2v) is 4.35. The number of amides is 2. The van der Waals surface area contributed by atoms with Crippen LogP contribution in [-0.4, -0.2) is 34.1 Å². The zero-order chi connectivity index (χ0) is 15.2. The second kappa shape index (κ2) is 6.71. The normalized spacial score (nSPS) is 10.0. The van der Waals surface area contributed by atoms with Crippen molar-refractivity contribution in [2.24, 2.45) is 0 Å². The third kappa shape index (κ3) is 4.18. The highest BCUT2D eigenvalue weighted by Crippen LogP contribution is 2.20. The van der Waals surface area contributed by atoms with Crippen LogP contribution < -0.4 is 10.6 Å². The van der Waals surface area contributed by atoms with Crippen molar-refractivity contribution < 1.29 is 14.3 Å². The summed E-state index contributed by atoms with van der Waals surface area (Å²) in [5.41, 5.74) is 0.511. The standard InChI is InChI=1S/C12H12ClN5O3/c1-21-12(20)15-10-6-18(17-16-10)7-11(19)14-9-5-3-2-4-8(9)13/h2-6H,7H2,1H3,(H,14,19)(H,15,20). The number of nitrogens with zero attached hydrogens (tertiary/aromatic N) is 3. The van der Waals surface area contributed by atoms with Crippen LogP contribution in [0.15, 0.2) is 30.5 Å². The number of para-hydroxylation sites is 1. The van der Waals surface area contributed by atoms with Gasteiger partial charge in [0.05, 0.1) is 24.0 Å². The zero-order valence-electron chi connectivity index (χ0n) is 11.0. The molecule has 0 fully saturated rings. The first-order chi connectivity index (χ1) is 10.1. The highest BCUT2D eigenvalue weighted by molar-refractivity contribution is 6.33. The third-order valence-corrected chi connectivity index (χ3v) is 2.74. The summed E-state index contributed by atoms with van der Waals surface area (Å²) in [6.07, 6.45) is 0.742. The van der Waals surface area contributed by atoms with Crippen molar-refractivity contribution in [3.05, 3.63) is 35.5 Å². The molecule has 0 bridgehead atoms. The lowest BCUT2D eigenvalue weighted by atomic mass is 10.3. The molecule has 1 heterocycles. The Hall–Kier alpha value is -2.61. The molecule has 2 aromatic rings. The molecule has 0 aliphatic heterocycles. The molecule has 1 aromatic carbocycles. The van der Waals surface area contributed by atoms with Gasteiger partial charge in [0, 0.05) is 0 Å². The Morgan fingerprint density at radius 1 is 1.33 bits per heavy atom. The highest BCUT2D eigenvalue weighted by atomic mass is 35.5. The molecule has 2 amide bonds. The van der Waals surface area contributed by atoms with Crippen LogP contribution >= 0.6 is 11.6 Å². The number of carbonyl (C=O) groups excluding carboxylic acids is 2. The molecule has 0 unspecified atom stereocenters. The molecule has 1 aromatic heterocycles. The molecule has 9 heteroatoms. The largest absolute Gasteiger partial charge is 0.453 e. The number of aromatic nitrogens is 3. The lowest BCUT2D eigenvalue weighted by Gasteiger charge is -2.06. The Kier molecular flexibility index (Phi) is 4.72. The predicted octanol–water partition coefficient (Wildman–Crippen LogP) is 1.75. The average molecular weight is 310 g/mol. The van der Waals surface area contributed by atoms with E-state index in [1.807, 2.05) is 0 Å². The predicted molar refractivity (Wildman–Crippen MR) is 76.1 cm³/mol. The van der Waals surface area contributed by atoms with E-state index in [0.717, 1.165) is 0 Å². The Balaban J connectivity index is 1.94. The van der Waals surface area contributed by atoms with Gasteiger partial charge in [-0.25, -0.2) is 9.48 Å². The van der Waals surface area contributed by atoms with E-state index in [1.165, 1.54) is 18.0 Å². The molecule has 2 rings (SSSR count). The summed E-state index contributed by atoms with van der Waals surface area (Å²) in [7, 11) is 1.23. The van der Waals surface area contributed by atoms with Crippen molar-refractivity contribution >= 4 is 35.1 Å². The third-order valence-electron chi connectivity index (χ3n) is 2.41. The van der Waals surface area contributed by atoms with E-state index in [4.69, 9.17) is 11.6 Å². The quantitative estimate of drug-likeness (QED) is 0.896. The molecule has 110 valence electrons. The number of nitrogens with one attached hydrogen (secondary N) is 2. The van der Waals surface area contributed by atoms with Gasteiger partial charge in [-0.3, -0.25) is 10.1 Å². The molecular weight excluding hydrogens is 298 g/mol. The first-order valence-corrected chi connectivity index (χ1v) is 6.26. The van der Waals surface area contributed by atoms with Crippen LogP contribution in [-0.2, 0) is 16.1 Å². The summed E-state index contributed by atoms with van der Waals surface area (Å²) >= 11 is 5.94. The molecule has 0 aliphatic carbocycles. The minimum atomic E-state index is -0.664. The summed E-state index contributed by atoms with van der Waals surface area (Å²) in [5.74, 6) is -0.134. The first kappa shape index (κ1) is 14.8. The van der Waals surface area contributed by atoms with Crippen molar-refractivity contribution in [1.82, 2.24) is 15.0 Å². The minimum absolute atomic E-state index is 0.0684. The number of benzene rings is 1. The van der Waals surface area contributed by atoms with E-state index in [1.54, 1.807) is 24.3 Å². The van der Waals surface area contributed by atoms with E-state index >= 15 is 0 Å². The molecule has 21 heavy (non-hydrogen) atoms. The van der Waals surface area contributed by atoms with E-state index in [-0.39, 0.29) is 18.3 Å². The van der Waals surface area contributed by atoms with Gasteiger partial charge in [0.15, 0.2) is 5.82 Å². The number of methoxy groups -OCH3 is 1. The number of carbonyl (C=O) groups is 2. The van der Waals surface area contributed by atoms with E-state index in [2.05, 4.69) is 25.7 Å². The maximum atomic E-state index is 11.9. The summed E-state index contributed by atoms with van der Waals surface area (Å²) in [5, 5.41) is 12.8. The van der Waals surface area contributed by atoms with Gasteiger partial charge in [0.2, 0.25) is 5.91 Å². The molecule has 0 atom stereocenters. The van der Waals surface area contributed by atoms with Gasteiger partial charge < -0.3 is 10.1 Å². The number of halogens is 1. The lowest BCUT2D eigenvalue weighted by molar-refractivity contribution is -0.116. The Morgan fingerprint density at radius 3 is 2.81 bits per heavy atom. The molecule has 0 saturated carbocycles. The van der Waals surface area contributed by atoms with Crippen LogP contribution in [0.1, 0.15) is 0 Å². The van der Waals surface area contributed by atoms with Crippen LogP contribution in [0.4, 0.5) is 16.3 Å². The fourth-order valence-corrected chi connectivity index (χ4v) is 1.67. The molecule has 0 saturated heterocycles. The van der Waals surface area contributed by atoms with E-state index < -0.39 is 6.09 Å². The SMILES string of the molecule is COC(=O)Nc1cn(CC(=O)Nc2ccccc2Cl)nn1. The fraction of sp³-hybridized carbons (Fsp3) is 0.167. The van der Waals surface area contributed by atoms with Gasteiger partial charge >= 0.3 is 6.09 Å². The number of anilines is 2. The Labute approximate surface area is 125 Å². The van der Waals surface area contributed by atoms with Gasteiger partial charge in [-0.2, -0.15) is 0 Å². The zero-order valence-corrected chi connectivity index (χ0v) is 11.8. The summed E-state index contributed by atoms with van der Waals surface area (Å²) < 4.78 is 5.69. The molecule has 8 nitrogen and oxygen atoms in total. The van der Waals surface area contributed by atoms with Crippen molar-refractivity contribution in [1.29, 1.82) is 0 Å². The van der Waals surface area contributed by atoms with Crippen molar-refractivity contribution in [3.8, 4) is 0 Å². The summed E-state index contributed by atoms with van der Waals surface area (Å²) in [6.45, 7) is -0.0684. The van der Waals surface area contributed by atoms with Gasteiger partial charge in [0.25, 0.3) is 0 Å². The van der Waals surface area contributed by atoms with Crippen molar-refractivity contribution in [3.63, 3.8) is 0 Å². The Morgan fingerprint density at radius 2 is 2.10 bits per heavy atom. The van der Waals surface area contributed by atoms with Gasteiger partial charge in [0.1, 0.15) is 6.54 Å². The number of hydrogen-bond acceptors (Lipinski definition) is 5. The smallest absolute Gasteiger partial charge is 0.412 e. The van der Waals surface area contributed by atoms with Crippen LogP contribution in [0.2, 0.25) is 5.02 Å². The van der Waals surface area contributed by atoms with Gasteiger partial charge in [-0.1, -0.05) is 28.9 Å². The molecule has 0 spiro atoms. The topological polar surface area (TPSA) is 98.1 Å². The monoisotopic (exact) mass is 309 g/mol. The lowest BCUT2D eigenvalue weighted by Crippen LogP contribution is -2.19.